The van der Waals surface area contributed by atoms with Gasteiger partial charge in [-0.25, -0.2) is 8.42 Å². The molecular formula is C15H26N2O5S. The molecule has 132 valence electrons. The average Bonchev–Trinajstić information content (AvgIpc) is 3.06. The minimum atomic E-state index is -3.05. The van der Waals surface area contributed by atoms with Crippen molar-refractivity contribution in [2.45, 2.75) is 51.1 Å². The zero-order valence-electron chi connectivity index (χ0n) is 13.6. The second kappa shape index (κ2) is 7.61. The predicted molar refractivity (Wildman–Crippen MR) is 85.9 cm³/mol. The molecule has 2 rings (SSSR count). The van der Waals surface area contributed by atoms with E-state index < -0.39 is 21.8 Å². The topological polar surface area (TPSA) is 95.0 Å². The Morgan fingerprint density at radius 1 is 1.30 bits per heavy atom. The maximum Gasteiger partial charge on any atom is 0.320 e. The smallest absolute Gasteiger partial charge is 0.320 e. The molecule has 2 aliphatic heterocycles. The zero-order valence-corrected chi connectivity index (χ0v) is 14.4. The molecule has 0 aliphatic carbocycles. The number of likely N-dealkylation sites (tertiary alicyclic amines) is 1. The third-order valence-electron chi connectivity index (χ3n) is 4.71. The molecular weight excluding hydrogens is 320 g/mol. The molecule has 1 unspecified atom stereocenters. The van der Waals surface area contributed by atoms with Crippen LogP contribution in [0.15, 0.2) is 0 Å². The van der Waals surface area contributed by atoms with Gasteiger partial charge in [-0.2, -0.15) is 0 Å². The lowest BCUT2D eigenvalue weighted by atomic mass is 10.2. The van der Waals surface area contributed by atoms with E-state index in [1.54, 1.807) is 9.80 Å². The molecule has 7 nitrogen and oxygen atoms in total. The Kier molecular flexibility index (Phi) is 6.02. The van der Waals surface area contributed by atoms with Gasteiger partial charge in [0, 0.05) is 12.6 Å². The van der Waals surface area contributed by atoms with E-state index >= 15 is 0 Å². The highest BCUT2D eigenvalue weighted by atomic mass is 32.2. The average molecular weight is 346 g/mol. The minimum Gasteiger partial charge on any atom is -0.480 e. The molecule has 8 heteroatoms. The molecule has 0 bridgehead atoms. The number of rotatable bonds is 7. The summed E-state index contributed by atoms with van der Waals surface area (Å²) in [6, 6.07) is -0.857. The number of hydrogen-bond donors (Lipinski definition) is 1. The third kappa shape index (κ3) is 4.67. The highest BCUT2D eigenvalue weighted by Crippen LogP contribution is 2.21. The summed E-state index contributed by atoms with van der Waals surface area (Å²) >= 11 is 0. The molecule has 2 fully saturated rings. The van der Waals surface area contributed by atoms with Crippen molar-refractivity contribution in [1.82, 2.24) is 9.80 Å². The summed E-state index contributed by atoms with van der Waals surface area (Å²) in [5.41, 5.74) is 0. The normalized spacial score (nSPS) is 27.2. The Labute approximate surface area is 137 Å². The van der Waals surface area contributed by atoms with Crippen LogP contribution in [-0.2, 0) is 19.4 Å². The van der Waals surface area contributed by atoms with Crippen LogP contribution in [0.5, 0.6) is 0 Å². The van der Waals surface area contributed by atoms with Crippen LogP contribution < -0.4 is 0 Å². The van der Waals surface area contributed by atoms with E-state index in [0.717, 1.165) is 19.3 Å². The summed E-state index contributed by atoms with van der Waals surface area (Å²) < 4.78 is 23.4. The molecule has 1 N–H and O–H groups in total. The summed E-state index contributed by atoms with van der Waals surface area (Å²) in [6.45, 7) is 3.24. The highest BCUT2D eigenvalue weighted by molar-refractivity contribution is 7.91. The van der Waals surface area contributed by atoms with Crippen LogP contribution in [0.3, 0.4) is 0 Å². The van der Waals surface area contributed by atoms with Crippen LogP contribution in [-0.4, -0.2) is 78.4 Å². The van der Waals surface area contributed by atoms with Gasteiger partial charge in [-0.05, 0) is 32.2 Å². The van der Waals surface area contributed by atoms with Gasteiger partial charge in [0.25, 0.3) is 0 Å². The Bertz CT molecular complexity index is 548. The van der Waals surface area contributed by atoms with Crippen molar-refractivity contribution in [3.05, 3.63) is 0 Å². The van der Waals surface area contributed by atoms with Gasteiger partial charge in [-0.1, -0.05) is 13.3 Å². The van der Waals surface area contributed by atoms with Crippen LogP contribution >= 0.6 is 0 Å². The second-order valence-electron chi connectivity index (χ2n) is 6.46. The molecule has 0 aromatic rings. The third-order valence-corrected chi connectivity index (χ3v) is 6.46. The molecule has 0 saturated carbocycles. The number of sulfone groups is 1. The fraction of sp³-hybridized carbons (Fsp3) is 0.867. The first-order valence-electron chi connectivity index (χ1n) is 8.31. The Morgan fingerprint density at radius 3 is 2.61 bits per heavy atom. The first-order chi connectivity index (χ1) is 10.8. The summed E-state index contributed by atoms with van der Waals surface area (Å²) in [7, 11) is -3.05. The lowest BCUT2D eigenvalue weighted by Gasteiger charge is -2.31. The minimum absolute atomic E-state index is 0.0326. The largest absolute Gasteiger partial charge is 0.480 e. The molecule has 0 spiro atoms. The molecule has 2 aliphatic rings. The van der Waals surface area contributed by atoms with Gasteiger partial charge in [0.1, 0.15) is 6.04 Å². The predicted octanol–water partition coefficient (Wildman–Crippen LogP) is 0.351. The van der Waals surface area contributed by atoms with Crippen LogP contribution in [0.25, 0.3) is 0 Å². The number of unbranched alkanes of at least 4 members (excludes halogenated alkanes) is 1. The maximum atomic E-state index is 12.7. The van der Waals surface area contributed by atoms with E-state index in [-0.39, 0.29) is 30.0 Å². The molecule has 1 amide bonds. The Hall–Kier alpha value is -1.15. The van der Waals surface area contributed by atoms with E-state index in [1.165, 1.54) is 0 Å². The van der Waals surface area contributed by atoms with Gasteiger partial charge in [0.05, 0.1) is 18.1 Å². The van der Waals surface area contributed by atoms with Crippen LogP contribution in [0.4, 0.5) is 0 Å². The van der Waals surface area contributed by atoms with Crippen LogP contribution in [0.1, 0.15) is 39.0 Å². The number of nitrogens with zero attached hydrogens (tertiary/aromatic N) is 2. The highest BCUT2D eigenvalue weighted by Gasteiger charge is 2.37. The van der Waals surface area contributed by atoms with Crippen molar-refractivity contribution in [2.24, 2.45) is 0 Å². The number of carbonyl (C=O) groups excluding carboxylic acids is 1. The standard InChI is InChI=1S/C15H26N2O5S/c1-2-3-8-17(12-6-9-23(21,22)11-12)14(18)10-16-7-4-5-13(16)15(19)20/h12-13H,2-11H2,1H3,(H,19,20)/t12?,13-/m0/s1. The fourth-order valence-electron chi connectivity index (χ4n) is 3.42. The van der Waals surface area contributed by atoms with Crippen molar-refractivity contribution in [2.75, 3.05) is 31.1 Å². The number of hydrogen-bond acceptors (Lipinski definition) is 5. The molecule has 0 aromatic carbocycles. The van der Waals surface area contributed by atoms with E-state index in [9.17, 15) is 23.1 Å². The maximum absolute atomic E-state index is 12.7. The Morgan fingerprint density at radius 2 is 2.04 bits per heavy atom. The molecule has 2 saturated heterocycles. The zero-order chi connectivity index (χ0) is 17.0. The van der Waals surface area contributed by atoms with Crippen molar-refractivity contribution in [3.63, 3.8) is 0 Å². The SMILES string of the molecule is CCCCN(C(=O)CN1CCC[C@H]1C(=O)O)C1CCS(=O)(=O)C1. The van der Waals surface area contributed by atoms with Gasteiger partial charge in [0.2, 0.25) is 5.91 Å². The van der Waals surface area contributed by atoms with E-state index in [0.29, 0.717) is 25.9 Å². The first kappa shape index (κ1) is 18.2. The van der Waals surface area contributed by atoms with Crippen LogP contribution in [0.2, 0.25) is 0 Å². The molecule has 2 atom stereocenters. The van der Waals surface area contributed by atoms with Gasteiger partial charge in [-0.3, -0.25) is 14.5 Å². The lowest BCUT2D eigenvalue weighted by Crippen LogP contribution is -2.48. The summed E-state index contributed by atoms with van der Waals surface area (Å²) in [5.74, 6) is -0.868. The van der Waals surface area contributed by atoms with Gasteiger partial charge in [-0.15, -0.1) is 0 Å². The van der Waals surface area contributed by atoms with Gasteiger partial charge < -0.3 is 10.0 Å². The quantitative estimate of drug-likeness (QED) is 0.715. The molecule has 0 aromatic heterocycles. The van der Waals surface area contributed by atoms with E-state index in [1.807, 2.05) is 6.92 Å². The number of carboxylic acids is 1. The van der Waals surface area contributed by atoms with E-state index in [4.69, 9.17) is 0 Å². The van der Waals surface area contributed by atoms with Crippen molar-refractivity contribution >= 4 is 21.7 Å². The summed E-state index contributed by atoms with van der Waals surface area (Å²) in [4.78, 5) is 27.3. The summed E-state index contributed by atoms with van der Waals surface area (Å²) in [5, 5.41) is 9.21. The number of amides is 1. The molecule has 23 heavy (non-hydrogen) atoms. The Balaban J connectivity index is 2.03. The fourth-order valence-corrected chi connectivity index (χ4v) is 5.15. The van der Waals surface area contributed by atoms with Crippen molar-refractivity contribution in [3.8, 4) is 0 Å². The number of carboxylic acid groups (broad SMARTS) is 1. The van der Waals surface area contributed by atoms with E-state index in [2.05, 4.69) is 0 Å². The molecule has 2 heterocycles. The van der Waals surface area contributed by atoms with Crippen molar-refractivity contribution in [1.29, 1.82) is 0 Å². The van der Waals surface area contributed by atoms with Crippen molar-refractivity contribution < 1.29 is 23.1 Å². The number of carbonyl (C=O) groups is 2. The second-order valence-corrected chi connectivity index (χ2v) is 8.69. The van der Waals surface area contributed by atoms with Crippen LogP contribution in [0, 0.1) is 0 Å². The molecule has 0 radical (unpaired) electrons. The lowest BCUT2D eigenvalue weighted by molar-refractivity contribution is -0.143. The summed E-state index contributed by atoms with van der Waals surface area (Å²) in [6.07, 6.45) is 3.57. The van der Waals surface area contributed by atoms with Gasteiger partial charge in [0.15, 0.2) is 9.84 Å². The first-order valence-corrected chi connectivity index (χ1v) is 10.1. The monoisotopic (exact) mass is 346 g/mol. The van der Waals surface area contributed by atoms with Gasteiger partial charge >= 0.3 is 5.97 Å². The number of aliphatic carboxylic acids is 1.